The Morgan fingerprint density at radius 1 is 0.567 bits per heavy atom. The molecule has 0 aliphatic carbocycles. The Labute approximate surface area is 180 Å². The largest absolute Gasteiger partial charge is 0.507 e. The Kier molecular flexibility index (Phi) is 10.1. The smallest absolute Gasteiger partial charge is 0.153 e. The summed E-state index contributed by atoms with van der Waals surface area (Å²) in [5, 5.41) is 13.1. The van der Waals surface area contributed by atoms with Crippen molar-refractivity contribution in [1.82, 2.24) is 0 Å². The van der Waals surface area contributed by atoms with Crippen LogP contribution in [0.2, 0.25) is 0 Å². The summed E-state index contributed by atoms with van der Waals surface area (Å²) in [5.74, 6) is 0.0347. The molecule has 0 spiro atoms. The van der Waals surface area contributed by atoms with Crippen molar-refractivity contribution in [1.29, 1.82) is 0 Å². The maximum atomic E-state index is 10.1. The van der Waals surface area contributed by atoms with Gasteiger partial charge in [0.2, 0.25) is 0 Å². The van der Waals surface area contributed by atoms with Gasteiger partial charge in [0, 0.05) is 0 Å². The molecule has 0 bridgehead atoms. The highest BCUT2D eigenvalue weighted by Gasteiger charge is 2.14. The number of benzene rings is 4. The number of aromatic hydroxyl groups is 1. The van der Waals surface area contributed by atoms with E-state index in [2.05, 4.69) is 91.0 Å². The van der Waals surface area contributed by atoms with Crippen molar-refractivity contribution < 1.29 is 9.90 Å². The number of aldehydes is 1. The summed E-state index contributed by atoms with van der Waals surface area (Å²) in [5.41, 5.74) is 0.331. The zero-order chi connectivity index (χ0) is 21.6. The van der Waals surface area contributed by atoms with Crippen LogP contribution in [0.25, 0.3) is 0 Å². The second kappa shape index (κ2) is 13.1. The molecule has 30 heavy (non-hydrogen) atoms. The maximum Gasteiger partial charge on any atom is 0.153 e. The van der Waals surface area contributed by atoms with E-state index < -0.39 is 7.92 Å². The molecule has 2 nitrogen and oxygen atoms in total. The van der Waals surface area contributed by atoms with Gasteiger partial charge in [-0.15, -0.1) is 0 Å². The molecule has 0 heterocycles. The van der Waals surface area contributed by atoms with Crippen LogP contribution in [0.15, 0.2) is 115 Å². The Morgan fingerprint density at radius 2 is 0.900 bits per heavy atom. The van der Waals surface area contributed by atoms with Crippen molar-refractivity contribution in [3.8, 4) is 5.75 Å². The van der Waals surface area contributed by atoms with Gasteiger partial charge in [0.1, 0.15) is 5.75 Å². The minimum atomic E-state index is -0.446. The fraction of sp³-hybridized carbons (Fsp3) is 0.0741. The van der Waals surface area contributed by atoms with E-state index in [1.54, 1.807) is 18.2 Å². The number of phenolic OH excluding ortho intramolecular Hbond substituents is 1. The number of rotatable bonds is 4. The molecule has 0 aliphatic heterocycles. The molecule has 4 aromatic rings. The molecule has 0 saturated heterocycles. The van der Waals surface area contributed by atoms with E-state index in [1.807, 2.05) is 13.8 Å². The molecule has 0 fully saturated rings. The Balaban J connectivity index is 0.000000245. The van der Waals surface area contributed by atoms with Gasteiger partial charge >= 0.3 is 0 Å². The van der Waals surface area contributed by atoms with Gasteiger partial charge in [0.05, 0.1) is 5.56 Å². The average Bonchev–Trinajstić information content (AvgIpc) is 2.83. The van der Waals surface area contributed by atoms with Crippen molar-refractivity contribution in [2.45, 2.75) is 13.8 Å². The number of phenols is 1. The quantitative estimate of drug-likeness (QED) is 0.345. The number of carbonyl (C=O) groups is 1. The standard InChI is InChI=1S/C18H15P.C7H6O2.C2H6/c1-4-10-16(11-5-1)19(17-12-6-2-7-13-17)18-14-8-3-9-15-18;8-5-6-3-1-2-4-7(6)9;1-2/h1-15H;1-5,9H;1-2H3. The van der Waals surface area contributed by atoms with E-state index in [4.69, 9.17) is 5.11 Å². The average molecular weight is 414 g/mol. The third-order valence-electron chi connectivity index (χ3n) is 4.11. The highest BCUT2D eigenvalue weighted by atomic mass is 31.1. The van der Waals surface area contributed by atoms with Crippen molar-refractivity contribution in [3.05, 3.63) is 121 Å². The predicted octanol–water partition coefficient (Wildman–Crippen LogP) is 5.68. The van der Waals surface area contributed by atoms with Gasteiger partial charge < -0.3 is 5.11 Å². The van der Waals surface area contributed by atoms with Crippen LogP contribution in [-0.4, -0.2) is 11.4 Å². The Morgan fingerprint density at radius 3 is 1.20 bits per heavy atom. The van der Waals surface area contributed by atoms with Gasteiger partial charge in [0.15, 0.2) is 6.29 Å². The normalized spacial score (nSPS) is 9.57. The van der Waals surface area contributed by atoms with Crippen molar-refractivity contribution in [2.24, 2.45) is 0 Å². The molecule has 0 radical (unpaired) electrons. The summed E-state index contributed by atoms with van der Waals surface area (Å²) in [6.07, 6.45) is 0.620. The molecule has 4 rings (SSSR count). The minimum absolute atomic E-state index is 0.0347. The highest BCUT2D eigenvalue weighted by Crippen LogP contribution is 2.32. The van der Waals surface area contributed by atoms with Crippen LogP contribution in [0.5, 0.6) is 5.75 Å². The number of hydrogen-bond acceptors (Lipinski definition) is 2. The third kappa shape index (κ3) is 6.69. The molecule has 0 unspecified atom stereocenters. The van der Waals surface area contributed by atoms with Gasteiger partial charge in [0.25, 0.3) is 0 Å². The highest BCUT2D eigenvalue weighted by molar-refractivity contribution is 7.79. The minimum Gasteiger partial charge on any atom is -0.507 e. The maximum absolute atomic E-state index is 10.1. The Bertz CT molecular complexity index is 893. The summed E-state index contributed by atoms with van der Waals surface area (Å²) in [6, 6.07) is 38.7. The zero-order valence-corrected chi connectivity index (χ0v) is 18.2. The molecule has 4 aromatic carbocycles. The second-order valence-corrected chi connectivity index (χ2v) is 8.24. The molecule has 0 aliphatic rings. The molecule has 3 heteroatoms. The lowest BCUT2D eigenvalue weighted by Crippen LogP contribution is -2.20. The summed E-state index contributed by atoms with van der Waals surface area (Å²) in [6.45, 7) is 4.00. The van der Waals surface area contributed by atoms with Crippen LogP contribution in [-0.2, 0) is 0 Å². The zero-order valence-electron chi connectivity index (χ0n) is 17.3. The summed E-state index contributed by atoms with van der Waals surface area (Å²) >= 11 is 0. The van der Waals surface area contributed by atoms with Crippen LogP contribution in [0.1, 0.15) is 24.2 Å². The molecular weight excluding hydrogens is 387 g/mol. The van der Waals surface area contributed by atoms with Gasteiger partial charge in [-0.05, 0) is 36.0 Å². The van der Waals surface area contributed by atoms with E-state index in [9.17, 15) is 4.79 Å². The molecule has 0 saturated carbocycles. The van der Waals surface area contributed by atoms with E-state index in [1.165, 1.54) is 22.0 Å². The lowest BCUT2D eigenvalue weighted by Gasteiger charge is -2.18. The van der Waals surface area contributed by atoms with Crippen molar-refractivity contribution >= 4 is 30.1 Å². The van der Waals surface area contributed by atoms with Crippen LogP contribution in [0.4, 0.5) is 0 Å². The van der Waals surface area contributed by atoms with Gasteiger partial charge in [-0.3, -0.25) is 4.79 Å². The fourth-order valence-electron chi connectivity index (χ4n) is 2.77. The lowest BCUT2D eigenvalue weighted by atomic mass is 10.2. The number of carbonyl (C=O) groups excluding carboxylic acids is 1. The van der Waals surface area contributed by atoms with E-state index in [0.29, 0.717) is 11.8 Å². The van der Waals surface area contributed by atoms with Crippen LogP contribution in [0, 0.1) is 0 Å². The first-order valence-corrected chi connectivity index (χ1v) is 11.3. The van der Waals surface area contributed by atoms with Gasteiger partial charge in [-0.1, -0.05) is 117 Å². The molecular formula is C27H27O2P. The molecule has 0 aromatic heterocycles. The first kappa shape index (κ1) is 23.1. The monoisotopic (exact) mass is 414 g/mol. The Hall–Kier alpha value is -3.22. The predicted molar refractivity (Wildman–Crippen MR) is 130 cm³/mol. The first-order chi connectivity index (χ1) is 14.8. The SMILES string of the molecule is CC.O=Cc1ccccc1O.c1ccc(P(c2ccccc2)c2ccccc2)cc1. The molecule has 152 valence electrons. The van der Waals surface area contributed by atoms with Gasteiger partial charge in [-0.25, -0.2) is 0 Å². The van der Waals surface area contributed by atoms with Crippen LogP contribution < -0.4 is 15.9 Å². The van der Waals surface area contributed by atoms with Crippen molar-refractivity contribution in [3.63, 3.8) is 0 Å². The third-order valence-corrected chi connectivity index (χ3v) is 6.55. The fourth-order valence-corrected chi connectivity index (χ4v) is 5.07. The number of para-hydroxylation sites is 1. The van der Waals surface area contributed by atoms with Gasteiger partial charge in [-0.2, -0.15) is 0 Å². The van der Waals surface area contributed by atoms with Crippen molar-refractivity contribution in [2.75, 3.05) is 0 Å². The van der Waals surface area contributed by atoms with Crippen LogP contribution in [0.3, 0.4) is 0 Å². The molecule has 0 amide bonds. The topological polar surface area (TPSA) is 37.3 Å². The van der Waals surface area contributed by atoms with E-state index >= 15 is 0 Å². The first-order valence-electron chi connectivity index (χ1n) is 9.98. The lowest BCUT2D eigenvalue weighted by molar-refractivity contribution is 0.112. The molecule has 0 atom stereocenters. The number of hydrogen-bond donors (Lipinski definition) is 1. The summed E-state index contributed by atoms with van der Waals surface area (Å²) < 4.78 is 0. The summed E-state index contributed by atoms with van der Waals surface area (Å²) in [7, 11) is -0.446. The van der Waals surface area contributed by atoms with E-state index in [-0.39, 0.29) is 5.75 Å². The van der Waals surface area contributed by atoms with Crippen LogP contribution >= 0.6 is 7.92 Å². The summed E-state index contributed by atoms with van der Waals surface area (Å²) in [4.78, 5) is 10.1. The van der Waals surface area contributed by atoms with E-state index in [0.717, 1.165) is 0 Å². The second-order valence-electron chi connectivity index (χ2n) is 6.02. The molecule has 1 N–H and O–H groups in total.